The first kappa shape index (κ1) is 19.5. The maximum absolute atomic E-state index is 15.7. The Kier molecular flexibility index (Phi) is 4.80. The maximum Gasteiger partial charge on any atom is 0.128 e. The van der Waals surface area contributed by atoms with Crippen LogP contribution in [0.15, 0.2) is 60.8 Å². The Morgan fingerprint density at radius 3 is 2.48 bits per heavy atom. The Morgan fingerprint density at radius 2 is 1.81 bits per heavy atom. The molecule has 0 saturated carbocycles. The molecule has 4 aromatic rings. The van der Waals surface area contributed by atoms with Gasteiger partial charge in [-0.1, -0.05) is 42.0 Å². The zero-order chi connectivity index (χ0) is 21.4. The summed E-state index contributed by atoms with van der Waals surface area (Å²) in [5.74, 6) is 0. The van der Waals surface area contributed by atoms with Crippen molar-refractivity contribution in [3.63, 3.8) is 0 Å². The standard InChI is InChI=1S/C26H23FN4/c1-17-2-6-20(7-3-17)24-23(19-8-4-18(15-28)5-9-19)21(14-26(27)11-13-29-16-26)25-22(31-24)10-12-30-25/h2-10,12,29-30H,11,13-14,16H2,1H3. The molecule has 3 heterocycles. The number of fused-ring (bicyclic) bond motifs is 1. The van der Waals surface area contributed by atoms with Crippen LogP contribution in [0.5, 0.6) is 0 Å². The monoisotopic (exact) mass is 410 g/mol. The van der Waals surface area contributed by atoms with Gasteiger partial charge in [0.1, 0.15) is 5.67 Å². The third-order valence-electron chi connectivity index (χ3n) is 6.11. The number of aromatic nitrogens is 2. The first-order valence-electron chi connectivity index (χ1n) is 10.5. The van der Waals surface area contributed by atoms with Gasteiger partial charge in [-0.3, -0.25) is 0 Å². The van der Waals surface area contributed by atoms with E-state index in [1.54, 1.807) is 12.1 Å². The van der Waals surface area contributed by atoms with E-state index in [9.17, 15) is 5.26 Å². The smallest absolute Gasteiger partial charge is 0.128 e. The number of nitriles is 1. The lowest BCUT2D eigenvalue weighted by Gasteiger charge is -2.23. The van der Waals surface area contributed by atoms with Crippen LogP contribution >= 0.6 is 0 Å². The second kappa shape index (κ2) is 7.64. The zero-order valence-electron chi connectivity index (χ0n) is 17.4. The Bertz CT molecular complexity index is 1270. The minimum absolute atomic E-state index is 0.299. The van der Waals surface area contributed by atoms with E-state index in [-0.39, 0.29) is 0 Å². The first-order valence-corrected chi connectivity index (χ1v) is 10.5. The highest BCUT2D eigenvalue weighted by molar-refractivity contribution is 5.94. The van der Waals surface area contributed by atoms with Gasteiger partial charge in [0, 0.05) is 30.3 Å². The number of rotatable bonds is 4. The van der Waals surface area contributed by atoms with Crippen molar-refractivity contribution in [3.8, 4) is 28.5 Å². The number of H-pyrrole nitrogens is 1. The Balaban J connectivity index is 1.80. The van der Waals surface area contributed by atoms with Gasteiger partial charge in [-0.15, -0.1) is 0 Å². The van der Waals surface area contributed by atoms with Gasteiger partial charge in [0.25, 0.3) is 0 Å². The van der Waals surface area contributed by atoms with Crippen molar-refractivity contribution in [1.29, 1.82) is 5.26 Å². The van der Waals surface area contributed by atoms with E-state index in [0.29, 0.717) is 31.5 Å². The second-order valence-corrected chi connectivity index (χ2v) is 8.36. The number of pyridine rings is 1. The lowest BCUT2D eigenvalue weighted by Crippen LogP contribution is -2.29. The van der Waals surface area contributed by atoms with Crippen molar-refractivity contribution in [3.05, 3.63) is 77.5 Å². The second-order valence-electron chi connectivity index (χ2n) is 8.36. The molecular weight excluding hydrogens is 387 g/mol. The Hall–Kier alpha value is -3.49. The molecule has 4 nitrogen and oxygen atoms in total. The van der Waals surface area contributed by atoms with Crippen LogP contribution in [0.3, 0.4) is 0 Å². The molecule has 0 radical (unpaired) electrons. The molecular formula is C26H23FN4. The van der Waals surface area contributed by atoms with Gasteiger partial charge in [-0.05, 0) is 49.2 Å². The fraction of sp³-hybridized carbons (Fsp3) is 0.231. The summed E-state index contributed by atoms with van der Waals surface area (Å²) in [4.78, 5) is 8.28. The third-order valence-corrected chi connectivity index (χ3v) is 6.11. The predicted molar refractivity (Wildman–Crippen MR) is 121 cm³/mol. The van der Waals surface area contributed by atoms with E-state index in [1.165, 1.54) is 5.56 Å². The van der Waals surface area contributed by atoms with E-state index in [0.717, 1.165) is 39.0 Å². The Morgan fingerprint density at radius 1 is 1.06 bits per heavy atom. The van der Waals surface area contributed by atoms with Crippen LogP contribution in [0.4, 0.5) is 4.39 Å². The molecule has 0 aliphatic carbocycles. The number of aryl methyl sites for hydroxylation is 1. The molecule has 1 saturated heterocycles. The normalized spacial score (nSPS) is 18.4. The highest BCUT2D eigenvalue weighted by atomic mass is 19.1. The van der Waals surface area contributed by atoms with Gasteiger partial charge in [0.2, 0.25) is 0 Å². The zero-order valence-corrected chi connectivity index (χ0v) is 17.4. The van der Waals surface area contributed by atoms with Gasteiger partial charge in [0.05, 0.1) is 28.4 Å². The molecule has 1 aliphatic heterocycles. The molecule has 2 N–H and O–H groups in total. The average Bonchev–Trinajstić information content (AvgIpc) is 3.43. The molecule has 2 aromatic heterocycles. The van der Waals surface area contributed by atoms with E-state index >= 15 is 4.39 Å². The van der Waals surface area contributed by atoms with E-state index < -0.39 is 5.67 Å². The number of benzene rings is 2. The fourth-order valence-electron chi connectivity index (χ4n) is 4.44. The number of nitrogens with zero attached hydrogens (tertiary/aromatic N) is 2. The summed E-state index contributed by atoms with van der Waals surface area (Å²) >= 11 is 0. The number of halogens is 1. The molecule has 5 rings (SSSR count). The van der Waals surface area contributed by atoms with Crippen molar-refractivity contribution >= 4 is 11.0 Å². The maximum atomic E-state index is 15.7. The molecule has 1 atom stereocenters. The number of alkyl halides is 1. The van der Waals surface area contributed by atoms with Crippen LogP contribution in [-0.4, -0.2) is 28.7 Å². The largest absolute Gasteiger partial charge is 0.360 e. The van der Waals surface area contributed by atoms with E-state index in [1.807, 2.05) is 24.4 Å². The number of nitrogens with one attached hydrogen (secondary N) is 2. The van der Waals surface area contributed by atoms with Crippen molar-refractivity contribution < 1.29 is 4.39 Å². The quantitative estimate of drug-likeness (QED) is 0.478. The van der Waals surface area contributed by atoms with Crippen LogP contribution in [0.2, 0.25) is 0 Å². The van der Waals surface area contributed by atoms with Gasteiger partial charge in [-0.25, -0.2) is 9.37 Å². The molecule has 154 valence electrons. The lowest BCUT2D eigenvalue weighted by atomic mass is 9.86. The fourth-order valence-corrected chi connectivity index (χ4v) is 4.44. The summed E-state index contributed by atoms with van der Waals surface area (Å²) in [7, 11) is 0. The topological polar surface area (TPSA) is 64.5 Å². The summed E-state index contributed by atoms with van der Waals surface area (Å²) in [5.41, 5.74) is 6.79. The Labute approximate surface area is 180 Å². The highest BCUT2D eigenvalue weighted by Crippen LogP contribution is 2.40. The van der Waals surface area contributed by atoms with Crippen molar-refractivity contribution in [2.75, 3.05) is 13.1 Å². The van der Waals surface area contributed by atoms with Gasteiger partial charge in [-0.2, -0.15) is 5.26 Å². The van der Waals surface area contributed by atoms with Crippen molar-refractivity contribution in [2.45, 2.75) is 25.4 Å². The van der Waals surface area contributed by atoms with Crippen LogP contribution < -0.4 is 5.32 Å². The first-order chi connectivity index (χ1) is 15.1. The predicted octanol–water partition coefficient (Wildman–Crippen LogP) is 5.32. The molecule has 0 spiro atoms. The number of hydrogen-bond donors (Lipinski definition) is 2. The van der Waals surface area contributed by atoms with Crippen LogP contribution in [0, 0.1) is 18.3 Å². The molecule has 31 heavy (non-hydrogen) atoms. The molecule has 1 fully saturated rings. The van der Waals surface area contributed by atoms with Gasteiger partial charge in [0.15, 0.2) is 0 Å². The molecule has 1 aliphatic rings. The SMILES string of the molecule is Cc1ccc(-c2nc3cc[nH]c3c(CC3(F)CCNC3)c2-c2ccc(C#N)cc2)cc1. The van der Waals surface area contributed by atoms with Crippen LogP contribution in [0.1, 0.15) is 23.1 Å². The van der Waals surface area contributed by atoms with E-state index in [2.05, 4.69) is 47.6 Å². The average molecular weight is 410 g/mol. The van der Waals surface area contributed by atoms with Crippen LogP contribution in [0.25, 0.3) is 33.4 Å². The lowest BCUT2D eigenvalue weighted by molar-refractivity contribution is 0.191. The molecule has 1 unspecified atom stereocenters. The molecule has 0 amide bonds. The third kappa shape index (κ3) is 3.60. The minimum atomic E-state index is -1.30. The van der Waals surface area contributed by atoms with E-state index in [4.69, 9.17) is 4.98 Å². The summed E-state index contributed by atoms with van der Waals surface area (Å²) in [6.07, 6.45) is 2.65. The van der Waals surface area contributed by atoms with Crippen molar-refractivity contribution in [2.24, 2.45) is 0 Å². The van der Waals surface area contributed by atoms with Crippen molar-refractivity contribution in [1.82, 2.24) is 15.3 Å². The summed E-state index contributed by atoms with van der Waals surface area (Å²) in [5, 5.41) is 12.4. The molecule has 5 heteroatoms. The summed E-state index contributed by atoms with van der Waals surface area (Å²) in [6, 6.07) is 19.9. The minimum Gasteiger partial charge on any atom is -0.360 e. The van der Waals surface area contributed by atoms with Gasteiger partial charge >= 0.3 is 0 Å². The van der Waals surface area contributed by atoms with Gasteiger partial charge < -0.3 is 10.3 Å². The molecule has 0 bridgehead atoms. The number of aromatic amines is 1. The van der Waals surface area contributed by atoms with Crippen LogP contribution in [-0.2, 0) is 6.42 Å². The number of hydrogen-bond acceptors (Lipinski definition) is 3. The highest BCUT2D eigenvalue weighted by Gasteiger charge is 2.36. The summed E-state index contributed by atoms with van der Waals surface area (Å²) in [6.45, 7) is 3.09. The summed E-state index contributed by atoms with van der Waals surface area (Å²) < 4.78 is 15.7. The molecule has 2 aromatic carbocycles.